The van der Waals surface area contributed by atoms with Crippen LogP contribution in [-0.4, -0.2) is 38.2 Å². The molecular weight excluding hydrogens is 300 g/mol. The number of carbonyl (C=O) groups is 1. The van der Waals surface area contributed by atoms with Crippen molar-refractivity contribution < 1.29 is 14.8 Å². The quantitative estimate of drug-likeness (QED) is 0.455. The summed E-state index contributed by atoms with van der Waals surface area (Å²) in [5, 5.41) is 27.7. The second-order valence-electron chi connectivity index (χ2n) is 5.30. The molecule has 1 aromatic carbocycles. The van der Waals surface area contributed by atoms with Crippen LogP contribution in [-0.2, 0) is 13.5 Å². The molecule has 0 bridgehead atoms. The van der Waals surface area contributed by atoms with Crippen LogP contribution in [0.2, 0.25) is 0 Å². The van der Waals surface area contributed by atoms with E-state index in [1.54, 1.807) is 17.9 Å². The van der Waals surface area contributed by atoms with Gasteiger partial charge in [0.05, 0.1) is 23.8 Å². The Balaban J connectivity index is 2.22. The molecule has 0 saturated heterocycles. The Morgan fingerprint density at radius 3 is 2.78 bits per heavy atom. The zero-order valence-electron chi connectivity index (χ0n) is 12.9. The molecule has 0 fully saturated rings. The molecule has 0 spiro atoms. The fourth-order valence-corrected chi connectivity index (χ4v) is 2.27. The summed E-state index contributed by atoms with van der Waals surface area (Å²) in [5.41, 5.74) is 1.25. The summed E-state index contributed by atoms with van der Waals surface area (Å²) in [7, 11) is 1.79. The third-order valence-electron chi connectivity index (χ3n) is 3.42. The molecule has 0 aliphatic heterocycles. The number of hydrogen-bond donors (Lipinski definition) is 2. The lowest BCUT2D eigenvalue weighted by atomic mass is 10.1. The van der Waals surface area contributed by atoms with E-state index in [9.17, 15) is 20.0 Å². The molecule has 8 heteroatoms. The molecule has 0 aliphatic rings. The van der Waals surface area contributed by atoms with Crippen LogP contribution < -0.4 is 5.32 Å². The number of nitrogens with one attached hydrogen (secondary N) is 1. The minimum Gasteiger partial charge on any atom is -0.394 e. The zero-order valence-corrected chi connectivity index (χ0v) is 12.9. The highest BCUT2D eigenvalue weighted by Crippen LogP contribution is 2.27. The van der Waals surface area contributed by atoms with Gasteiger partial charge in [-0.3, -0.25) is 19.6 Å². The van der Waals surface area contributed by atoms with Crippen molar-refractivity contribution in [1.82, 2.24) is 9.78 Å². The van der Waals surface area contributed by atoms with Gasteiger partial charge in [-0.05, 0) is 31.0 Å². The first-order valence-corrected chi connectivity index (χ1v) is 7.05. The number of rotatable bonds is 7. The van der Waals surface area contributed by atoms with E-state index in [1.165, 1.54) is 25.1 Å². The number of Topliss-reactive ketones (excluding diaryl/α,β-unsaturated/α-hetero) is 1. The molecule has 1 atom stereocenters. The molecule has 2 N–H and O–H groups in total. The molecule has 23 heavy (non-hydrogen) atoms. The minimum absolute atomic E-state index is 0.192. The van der Waals surface area contributed by atoms with Crippen LogP contribution in [0.25, 0.3) is 0 Å². The van der Waals surface area contributed by atoms with Crippen molar-refractivity contribution in [2.45, 2.75) is 19.4 Å². The van der Waals surface area contributed by atoms with Gasteiger partial charge in [-0.15, -0.1) is 0 Å². The number of aliphatic hydroxyl groups excluding tert-OH is 1. The maximum Gasteiger partial charge on any atom is 0.293 e. The van der Waals surface area contributed by atoms with Gasteiger partial charge in [0.15, 0.2) is 5.78 Å². The fourth-order valence-electron chi connectivity index (χ4n) is 2.27. The van der Waals surface area contributed by atoms with Crippen molar-refractivity contribution in [2.75, 3.05) is 11.9 Å². The maximum absolute atomic E-state index is 11.4. The van der Waals surface area contributed by atoms with Crippen LogP contribution in [0.1, 0.15) is 22.8 Å². The van der Waals surface area contributed by atoms with E-state index < -0.39 is 11.0 Å². The van der Waals surface area contributed by atoms with Crippen LogP contribution in [0.4, 0.5) is 11.4 Å². The number of nitrogens with zero attached hydrogens (tertiary/aromatic N) is 3. The highest BCUT2D eigenvalue weighted by atomic mass is 16.6. The largest absolute Gasteiger partial charge is 0.394 e. The van der Waals surface area contributed by atoms with E-state index in [1.807, 2.05) is 6.20 Å². The van der Waals surface area contributed by atoms with Crippen LogP contribution in [0.15, 0.2) is 30.6 Å². The Bertz CT molecular complexity index is 726. The molecule has 0 amide bonds. The lowest BCUT2D eigenvalue weighted by molar-refractivity contribution is -0.384. The molecule has 8 nitrogen and oxygen atoms in total. The summed E-state index contributed by atoms with van der Waals surface area (Å²) >= 11 is 0. The first kappa shape index (κ1) is 16.6. The second-order valence-corrected chi connectivity index (χ2v) is 5.30. The van der Waals surface area contributed by atoms with Crippen molar-refractivity contribution >= 4 is 17.2 Å². The van der Waals surface area contributed by atoms with E-state index in [4.69, 9.17) is 0 Å². The monoisotopic (exact) mass is 318 g/mol. The van der Waals surface area contributed by atoms with Crippen LogP contribution in [0.3, 0.4) is 0 Å². The van der Waals surface area contributed by atoms with Crippen LogP contribution in [0, 0.1) is 10.1 Å². The maximum atomic E-state index is 11.4. The number of anilines is 1. The molecule has 1 heterocycles. The van der Waals surface area contributed by atoms with E-state index >= 15 is 0 Å². The third-order valence-corrected chi connectivity index (χ3v) is 3.42. The SMILES string of the molecule is CC(=O)c1ccc(N[C@H](CO)Cc2cnn(C)c2)c([N+](=O)[O-])c1. The second kappa shape index (κ2) is 7.01. The van der Waals surface area contributed by atoms with Gasteiger partial charge in [0.2, 0.25) is 0 Å². The topological polar surface area (TPSA) is 110 Å². The van der Waals surface area contributed by atoms with Crippen molar-refractivity contribution in [3.8, 4) is 0 Å². The van der Waals surface area contributed by atoms with Gasteiger partial charge in [-0.1, -0.05) is 0 Å². The average molecular weight is 318 g/mol. The number of nitro groups is 1. The Labute approximate surface area is 132 Å². The molecule has 0 unspecified atom stereocenters. The molecular formula is C15H18N4O4. The number of hydrogen-bond acceptors (Lipinski definition) is 6. The fraction of sp³-hybridized carbons (Fsp3) is 0.333. The predicted octanol–water partition coefficient (Wildman–Crippen LogP) is 1.55. The summed E-state index contributed by atoms with van der Waals surface area (Å²) in [4.78, 5) is 22.0. The van der Waals surface area contributed by atoms with E-state index in [0.717, 1.165) is 5.56 Å². The van der Waals surface area contributed by atoms with Crippen molar-refractivity contribution in [3.05, 3.63) is 51.8 Å². The predicted molar refractivity (Wildman–Crippen MR) is 84.5 cm³/mol. The highest BCUT2D eigenvalue weighted by molar-refractivity contribution is 5.95. The molecule has 122 valence electrons. The molecule has 0 radical (unpaired) electrons. The molecule has 0 aliphatic carbocycles. The van der Waals surface area contributed by atoms with Gasteiger partial charge in [-0.2, -0.15) is 5.10 Å². The van der Waals surface area contributed by atoms with Crippen LogP contribution in [0.5, 0.6) is 0 Å². The Morgan fingerprint density at radius 1 is 1.52 bits per heavy atom. The van der Waals surface area contributed by atoms with Gasteiger partial charge in [0, 0.05) is 24.9 Å². The minimum atomic E-state index is -0.548. The van der Waals surface area contributed by atoms with E-state index in [0.29, 0.717) is 6.42 Å². The van der Waals surface area contributed by atoms with Gasteiger partial charge >= 0.3 is 0 Å². The molecule has 0 saturated carbocycles. The lowest BCUT2D eigenvalue weighted by Crippen LogP contribution is -2.26. The number of ketones is 1. The lowest BCUT2D eigenvalue weighted by Gasteiger charge is -2.17. The van der Waals surface area contributed by atoms with Crippen molar-refractivity contribution in [1.29, 1.82) is 0 Å². The summed E-state index contributed by atoms with van der Waals surface area (Å²) in [6, 6.07) is 3.85. The number of aliphatic hydroxyl groups is 1. The smallest absolute Gasteiger partial charge is 0.293 e. The van der Waals surface area contributed by atoms with E-state index in [-0.39, 0.29) is 29.3 Å². The van der Waals surface area contributed by atoms with Gasteiger partial charge in [-0.25, -0.2) is 0 Å². The number of benzene rings is 1. The van der Waals surface area contributed by atoms with E-state index in [2.05, 4.69) is 10.4 Å². The summed E-state index contributed by atoms with van der Waals surface area (Å²) in [6.45, 7) is 1.16. The number of carbonyl (C=O) groups excluding carboxylic acids is 1. The summed E-state index contributed by atoms with van der Waals surface area (Å²) < 4.78 is 1.65. The normalized spacial score (nSPS) is 12.0. The van der Waals surface area contributed by atoms with Crippen LogP contribution >= 0.6 is 0 Å². The first-order chi connectivity index (χ1) is 10.9. The standard InChI is InChI=1S/C15H18N4O4/c1-10(21)12-3-4-14(15(6-12)19(22)23)17-13(9-20)5-11-7-16-18(2)8-11/h3-4,6-8,13,17,20H,5,9H2,1-2H3/t13-/m0/s1. The summed E-state index contributed by atoms with van der Waals surface area (Å²) in [6.07, 6.45) is 3.96. The first-order valence-electron chi connectivity index (χ1n) is 7.05. The Hall–Kier alpha value is -2.74. The van der Waals surface area contributed by atoms with Crippen molar-refractivity contribution in [2.24, 2.45) is 7.05 Å². The number of aromatic nitrogens is 2. The average Bonchev–Trinajstić information content (AvgIpc) is 2.91. The molecule has 2 aromatic rings. The Morgan fingerprint density at radius 2 is 2.26 bits per heavy atom. The number of nitro benzene ring substituents is 1. The molecule has 1 aromatic heterocycles. The van der Waals surface area contributed by atoms with Gasteiger partial charge in [0.1, 0.15) is 5.69 Å². The third kappa shape index (κ3) is 4.13. The zero-order chi connectivity index (χ0) is 17.0. The highest BCUT2D eigenvalue weighted by Gasteiger charge is 2.19. The van der Waals surface area contributed by atoms with Gasteiger partial charge < -0.3 is 10.4 Å². The Kier molecular flexibility index (Phi) is 5.07. The molecule has 2 rings (SSSR count). The van der Waals surface area contributed by atoms with Gasteiger partial charge in [0.25, 0.3) is 5.69 Å². The summed E-state index contributed by atoms with van der Waals surface area (Å²) in [5.74, 6) is -0.242. The number of aryl methyl sites for hydroxylation is 1. The van der Waals surface area contributed by atoms with Crippen molar-refractivity contribution in [3.63, 3.8) is 0 Å².